The van der Waals surface area contributed by atoms with Gasteiger partial charge in [-0.2, -0.15) is 11.8 Å². The fourth-order valence-electron chi connectivity index (χ4n) is 1.66. The molecule has 1 saturated heterocycles. The number of thioether (sulfide) groups is 1. The Morgan fingerprint density at radius 1 is 1.60 bits per heavy atom. The molecule has 1 amide bonds. The van der Waals surface area contributed by atoms with Gasteiger partial charge in [0.2, 0.25) is 5.91 Å². The Labute approximate surface area is 96.6 Å². The van der Waals surface area contributed by atoms with Gasteiger partial charge in [0, 0.05) is 17.8 Å². The molecule has 0 spiro atoms. The largest absolute Gasteiger partial charge is 0.369 e. The van der Waals surface area contributed by atoms with Crippen LogP contribution in [0.2, 0.25) is 0 Å². The monoisotopic (exact) mass is 230 g/mol. The Balaban J connectivity index is 2.38. The van der Waals surface area contributed by atoms with Gasteiger partial charge in [-0.3, -0.25) is 4.79 Å². The van der Waals surface area contributed by atoms with Gasteiger partial charge in [-0.1, -0.05) is 6.92 Å². The van der Waals surface area contributed by atoms with Crippen molar-refractivity contribution in [2.45, 2.75) is 44.9 Å². The molecule has 0 saturated carbocycles. The lowest BCUT2D eigenvalue weighted by atomic mass is 9.92. The zero-order valence-electron chi connectivity index (χ0n) is 9.88. The highest BCUT2D eigenvalue weighted by Gasteiger charge is 2.28. The molecule has 0 aromatic heterocycles. The number of carbonyl (C=O) groups excluding carboxylic acids is 1. The standard InChI is InChI=1S/C11H22N2OS/c1-8-9(5-4-6-15-8)13-7-11(2,3)10(12)14/h8-9,13H,4-7H2,1-3H3,(H2,12,14). The van der Waals surface area contributed by atoms with Crippen molar-refractivity contribution < 1.29 is 4.79 Å². The van der Waals surface area contributed by atoms with E-state index in [1.807, 2.05) is 25.6 Å². The van der Waals surface area contributed by atoms with Gasteiger partial charge in [0.05, 0.1) is 5.41 Å². The number of nitrogens with two attached hydrogens (primary N) is 1. The van der Waals surface area contributed by atoms with E-state index in [4.69, 9.17) is 5.73 Å². The van der Waals surface area contributed by atoms with Crippen molar-refractivity contribution in [3.05, 3.63) is 0 Å². The molecule has 3 N–H and O–H groups in total. The summed E-state index contributed by atoms with van der Waals surface area (Å²) in [6.45, 7) is 6.71. The Morgan fingerprint density at radius 2 is 2.27 bits per heavy atom. The maximum absolute atomic E-state index is 11.2. The summed E-state index contributed by atoms with van der Waals surface area (Å²) >= 11 is 2.01. The summed E-state index contributed by atoms with van der Waals surface area (Å²) < 4.78 is 0. The van der Waals surface area contributed by atoms with Crippen molar-refractivity contribution in [2.24, 2.45) is 11.1 Å². The van der Waals surface area contributed by atoms with Gasteiger partial charge in [-0.05, 0) is 32.4 Å². The molecular formula is C11H22N2OS. The van der Waals surface area contributed by atoms with E-state index < -0.39 is 5.41 Å². The summed E-state index contributed by atoms with van der Waals surface area (Å²) in [7, 11) is 0. The van der Waals surface area contributed by atoms with E-state index in [-0.39, 0.29) is 5.91 Å². The first-order valence-corrected chi connectivity index (χ1v) is 6.63. The highest BCUT2D eigenvalue weighted by Crippen LogP contribution is 2.25. The van der Waals surface area contributed by atoms with Gasteiger partial charge >= 0.3 is 0 Å². The molecule has 1 fully saturated rings. The van der Waals surface area contributed by atoms with E-state index in [0.29, 0.717) is 17.8 Å². The molecule has 1 heterocycles. The number of hydrogen-bond acceptors (Lipinski definition) is 3. The van der Waals surface area contributed by atoms with Gasteiger partial charge in [0.15, 0.2) is 0 Å². The highest BCUT2D eigenvalue weighted by molar-refractivity contribution is 7.99. The van der Waals surface area contributed by atoms with E-state index in [0.717, 1.165) is 0 Å². The Kier molecular flexibility index (Phi) is 4.46. The maximum atomic E-state index is 11.2. The summed E-state index contributed by atoms with van der Waals surface area (Å²) in [6, 6.07) is 0.530. The van der Waals surface area contributed by atoms with Crippen LogP contribution in [0.25, 0.3) is 0 Å². The molecule has 1 rings (SSSR count). The van der Waals surface area contributed by atoms with Crippen molar-refractivity contribution in [3.8, 4) is 0 Å². The van der Waals surface area contributed by atoms with Gasteiger partial charge < -0.3 is 11.1 Å². The number of hydrogen-bond donors (Lipinski definition) is 2. The van der Waals surface area contributed by atoms with Gasteiger partial charge in [0.1, 0.15) is 0 Å². The van der Waals surface area contributed by atoms with Crippen LogP contribution in [-0.4, -0.2) is 29.5 Å². The molecule has 2 unspecified atom stereocenters. The Bertz CT molecular complexity index is 231. The van der Waals surface area contributed by atoms with Crippen LogP contribution in [0.1, 0.15) is 33.6 Å². The Hall–Kier alpha value is -0.220. The van der Waals surface area contributed by atoms with E-state index >= 15 is 0 Å². The van der Waals surface area contributed by atoms with Crippen molar-refractivity contribution >= 4 is 17.7 Å². The number of nitrogens with one attached hydrogen (secondary N) is 1. The molecule has 0 radical (unpaired) electrons. The van der Waals surface area contributed by atoms with Gasteiger partial charge in [-0.15, -0.1) is 0 Å². The summed E-state index contributed by atoms with van der Waals surface area (Å²) in [6.07, 6.45) is 2.48. The molecule has 4 heteroatoms. The molecule has 0 aromatic rings. The molecule has 2 atom stereocenters. The van der Waals surface area contributed by atoms with Crippen LogP contribution in [0.15, 0.2) is 0 Å². The summed E-state index contributed by atoms with van der Waals surface area (Å²) in [5.41, 5.74) is 4.89. The third-order valence-corrected chi connectivity index (χ3v) is 4.46. The average molecular weight is 230 g/mol. The second-order valence-corrected chi connectivity index (χ2v) is 6.44. The van der Waals surface area contributed by atoms with Gasteiger partial charge in [0.25, 0.3) is 0 Å². The van der Waals surface area contributed by atoms with E-state index in [1.54, 1.807) is 0 Å². The highest BCUT2D eigenvalue weighted by atomic mass is 32.2. The third-order valence-electron chi connectivity index (χ3n) is 3.08. The SMILES string of the molecule is CC1SCCCC1NCC(C)(C)C(N)=O. The third kappa shape index (κ3) is 3.68. The van der Waals surface area contributed by atoms with E-state index in [2.05, 4.69) is 12.2 Å². The van der Waals surface area contributed by atoms with Crippen LogP contribution < -0.4 is 11.1 Å². The molecule has 1 aliphatic heterocycles. The normalized spacial score (nSPS) is 27.7. The predicted octanol–water partition coefficient (Wildman–Crippen LogP) is 1.37. The van der Waals surface area contributed by atoms with Crippen molar-refractivity contribution in [3.63, 3.8) is 0 Å². The minimum atomic E-state index is -0.443. The lowest BCUT2D eigenvalue weighted by Gasteiger charge is -2.32. The quantitative estimate of drug-likeness (QED) is 0.767. The van der Waals surface area contributed by atoms with Crippen molar-refractivity contribution in [1.29, 1.82) is 0 Å². The first-order chi connectivity index (χ1) is 6.93. The topological polar surface area (TPSA) is 55.1 Å². The van der Waals surface area contributed by atoms with Crippen LogP contribution >= 0.6 is 11.8 Å². The number of rotatable bonds is 4. The van der Waals surface area contributed by atoms with Crippen molar-refractivity contribution in [1.82, 2.24) is 5.32 Å². The number of carbonyl (C=O) groups is 1. The van der Waals surface area contributed by atoms with E-state index in [9.17, 15) is 4.79 Å². The van der Waals surface area contributed by atoms with Crippen LogP contribution in [-0.2, 0) is 4.79 Å². The van der Waals surface area contributed by atoms with Crippen LogP contribution in [0.5, 0.6) is 0 Å². The smallest absolute Gasteiger partial charge is 0.224 e. The molecule has 0 bridgehead atoms. The van der Waals surface area contributed by atoms with Crippen LogP contribution in [0.3, 0.4) is 0 Å². The fourth-order valence-corrected chi connectivity index (χ4v) is 2.83. The zero-order chi connectivity index (χ0) is 11.5. The predicted molar refractivity (Wildman–Crippen MR) is 65.9 cm³/mol. The number of primary amides is 1. The summed E-state index contributed by atoms with van der Waals surface area (Å²) in [4.78, 5) is 11.2. The first-order valence-electron chi connectivity index (χ1n) is 5.58. The lowest BCUT2D eigenvalue weighted by molar-refractivity contribution is -0.125. The van der Waals surface area contributed by atoms with E-state index in [1.165, 1.54) is 18.6 Å². The summed E-state index contributed by atoms with van der Waals surface area (Å²) in [5.74, 6) is 1.03. The minimum Gasteiger partial charge on any atom is -0.369 e. The van der Waals surface area contributed by atoms with Gasteiger partial charge in [-0.25, -0.2) is 0 Å². The zero-order valence-corrected chi connectivity index (χ0v) is 10.7. The maximum Gasteiger partial charge on any atom is 0.224 e. The molecule has 15 heavy (non-hydrogen) atoms. The molecule has 88 valence electrons. The first kappa shape index (κ1) is 12.8. The Morgan fingerprint density at radius 3 is 2.80 bits per heavy atom. The lowest BCUT2D eigenvalue weighted by Crippen LogP contribution is -2.47. The molecular weight excluding hydrogens is 208 g/mol. The van der Waals surface area contributed by atoms with Crippen LogP contribution in [0.4, 0.5) is 0 Å². The minimum absolute atomic E-state index is 0.230. The average Bonchev–Trinajstić information content (AvgIpc) is 2.16. The molecule has 3 nitrogen and oxygen atoms in total. The number of amides is 1. The fraction of sp³-hybridized carbons (Fsp3) is 0.909. The van der Waals surface area contributed by atoms with Crippen molar-refractivity contribution in [2.75, 3.05) is 12.3 Å². The molecule has 0 aromatic carbocycles. The van der Waals surface area contributed by atoms with Crippen LogP contribution in [0, 0.1) is 5.41 Å². The second kappa shape index (κ2) is 5.21. The second-order valence-electron chi connectivity index (χ2n) is 4.95. The molecule has 1 aliphatic rings. The molecule has 0 aliphatic carbocycles. The summed E-state index contributed by atoms with van der Waals surface area (Å²) in [5, 5.41) is 4.11.